The first-order chi connectivity index (χ1) is 7.59. The van der Waals surface area contributed by atoms with Crippen molar-refractivity contribution >= 4 is 17.3 Å². The number of carbonyl (C=O) groups excluding carboxylic acids is 3. The van der Waals surface area contributed by atoms with Crippen molar-refractivity contribution < 1.29 is 18.8 Å². The van der Waals surface area contributed by atoms with E-state index in [0.29, 0.717) is 5.76 Å². The lowest BCUT2D eigenvalue weighted by Crippen LogP contribution is -2.36. The van der Waals surface area contributed by atoms with E-state index in [1.807, 2.05) is 0 Å². The number of ketones is 3. The summed E-state index contributed by atoms with van der Waals surface area (Å²) in [4.78, 5) is 34.5. The van der Waals surface area contributed by atoms with Crippen molar-refractivity contribution in [3.05, 3.63) is 24.2 Å². The van der Waals surface area contributed by atoms with Crippen LogP contribution in [-0.4, -0.2) is 17.3 Å². The van der Waals surface area contributed by atoms with Crippen LogP contribution in [0.1, 0.15) is 31.4 Å². The Morgan fingerprint density at radius 2 is 1.94 bits per heavy atom. The maximum Gasteiger partial charge on any atom is 0.151 e. The van der Waals surface area contributed by atoms with Crippen molar-refractivity contribution in [3.8, 4) is 0 Å². The molecule has 0 N–H and O–H groups in total. The smallest absolute Gasteiger partial charge is 0.151 e. The van der Waals surface area contributed by atoms with Crippen molar-refractivity contribution in [1.29, 1.82) is 0 Å². The Bertz CT molecular complexity index is 412. The molecule has 1 heterocycles. The molecule has 1 aliphatic carbocycles. The molecule has 4 nitrogen and oxygen atoms in total. The third-order valence-corrected chi connectivity index (χ3v) is 2.89. The molecule has 2 rings (SSSR count). The Morgan fingerprint density at radius 1 is 1.31 bits per heavy atom. The highest BCUT2D eigenvalue weighted by molar-refractivity contribution is 6.20. The summed E-state index contributed by atoms with van der Waals surface area (Å²) in [5.74, 6) is -1.52. The van der Waals surface area contributed by atoms with Crippen LogP contribution in [0, 0.1) is 5.92 Å². The average Bonchev–Trinajstić information content (AvgIpc) is 2.67. The molecule has 1 aliphatic rings. The van der Waals surface area contributed by atoms with Crippen LogP contribution < -0.4 is 0 Å². The van der Waals surface area contributed by atoms with Gasteiger partial charge in [-0.05, 0) is 19.1 Å². The molecular weight excluding hydrogens is 208 g/mol. The van der Waals surface area contributed by atoms with Crippen LogP contribution in [0.2, 0.25) is 0 Å². The van der Waals surface area contributed by atoms with Crippen molar-refractivity contribution in [2.45, 2.75) is 25.7 Å². The third kappa shape index (κ3) is 1.83. The number of furan rings is 1. The highest BCUT2D eigenvalue weighted by Crippen LogP contribution is 2.32. The number of carbonyl (C=O) groups is 3. The van der Waals surface area contributed by atoms with Gasteiger partial charge in [0.05, 0.1) is 6.26 Å². The second-order valence-corrected chi connectivity index (χ2v) is 4.10. The molecule has 1 saturated carbocycles. The van der Waals surface area contributed by atoms with Gasteiger partial charge < -0.3 is 4.42 Å². The van der Waals surface area contributed by atoms with Gasteiger partial charge in [0.2, 0.25) is 0 Å². The first kappa shape index (κ1) is 10.8. The summed E-state index contributed by atoms with van der Waals surface area (Å²) < 4.78 is 5.18. The lowest BCUT2D eigenvalue weighted by atomic mass is 9.77. The molecular formula is C12H12O4. The van der Waals surface area contributed by atoms with Gasteiger partial charge in [0.15, 0.2) is 11.6 Å². The Morgan fingerprint density at radius 3 is 2.38 bits per heavy atom. The molecule has 0 spiro atoms. The van der Waals surface area contributed by atoms with Crippen molar-refractivity contribution in [3.63, 3.8) is 0 Å². The number of Topliss-reactive ketones (excluding diaryl/α,β-unsaturated/α-hetero) is 3. The van der Waals surface area contributed by atoms with Gasteiger partial charge in [-0.2, -0.15) is 0 Å². The van der Waals surface area contributed by atoms with Crippen LogP contribution in [0.25, 0.3) is 0 Å². The van der Waals surface area contributed by atoms with Crippen LogP contribution >= 0.6 is 0 Å². The third-order valence-electron chi connectivity index (χ3n) is 2.89. The predicted octanol–water partition coefficient (Wildman–Crippen LogP) is 1.50. The summed E-state index contributed by atoms with van der Waals surface area (Å²) in [6.07, 6.45) is 1.94. The van der Waals surface area contributed by atoms with Crippen molar-refractivity contribution in [1.82, 2.24) is 0 Å². The fourth-order valence-electron chi connectivity index (χ4n) is 2.15. The molecule has 0 aliphatic heterocycles. The maximum absolute atomic E-state index is 11.7. The van der Waals surface area contributed by atoms with Gasteiger partial charge in [0.1, 0.15) is 17.5 Å². The quantitative estimate of drug-likeness (QED) is 0.708. The molecule has 0 aromatic carbocycles. The van der Waals surface area contributed by atoms with E-state index in [9.17, 15) is 14.4 Å². The zero-order chi connectivity index (χ0) is 11.7. The molecule has 16 heavy (non-hydrogen) atoms. The van der Waals surface area contributed by atoms with Crippen molar-refractivity contribution in [2.24, 2.45) is 5.92 Å². The molecule has 0 unspecified atom stereocenters. The van der Waals surface area contributed by atoms with E-state index in [1.54, 1.807) is 12.1 Å². The molecule has 84 valence electrons. The second kappa shape index (κ2) is 4.04. The van der Waals surface area contributed by atoms with Crippen LogP contribution in [0.15, 0.2) is 22.8 Å². The van der Waals surface area contributed by atoms with Gasteiger partial charge in [-0.25, -0.2) is 0 Å². The highest BCUT2D eigenvalue weighted by Gasteiger charge is 2.39. The summed E-state index contributed by atoms with van der Waals surface area (Å²) in [5.41, 5.74) is 0. The minimum absolute atomic E-state index is 0.203. The molecule has 4 heteroatoms. The normalized spacial score (nSPS) is 25.8. The summed E-state index contributed by atoms with van der Waals surface area (Å²) in [5, 5.41) is 0. The standard InChI is InChI=1S/C12H12O4/c1-7(13)12-9(14)5-8(6-10(12)15)11-3-2-4-16-11/h2-4,8,12H,5-6H2,1H3. The van der Waals surface area contributed by atoms with Crippen LogP contribution in [0.4, 0.5) is 0 Å². The second-order valence-electron chi connectivity index (χ2n) is 4.10. The Labute approximate surface area is 92.6 Å². The van der Waals surface area contributed by atoms with Gasteiger partial charge in [-0.1, -0.05) is 0 Å². The van der Waals surface area contributed by atoms with Crippen molar-refractivity contribution in [2.75, 3.05) is 0 Å². The molecule has 0 atom stereocenters. The van der Waals surface area contributed by atoms with E-state index in [2.05, 4.69) is 0 Å². The number of rotatable bonds is 2. The minimum atomic E-state index is -1.04. The summed E-state index contributed by atoms with van der Waals surface area (Å²) in [7, 11) is 0. The first-order valence-electron chi connectivity index (χ1n) is 5.19. The van der Waals surface area contributed by atoms with Gasteiger partial charge in [-0.3, -0.25) is 14.4 Å². The summed E-state index contributed by atoms with van der Waals surface area (Å²) >= 11 is 0. The predicted molar refractivity (Wildman–Crippen MR) is 54.9 cm³/mol. The largest absolute Gasteiger partial charge is 0.469 e. The first-order valence-corrected chi connectivity index (χ1v) is 5.19. The maximum atomic E-state index is 11.7. The Balaban J connectivity index is 2.19. The topological polar surface area (TPSA) is 64.3 Å². The van der Waals surface area contributed by atoms with E-state index < -0.39 is 5.92 Å². The van der Waals surface area contributed by atoms with E-state index in [4.69, 9.17) is 4.42 Å². The zero-order valence-electron chi connectivity index (χ0n) is 8.93. The van der Waals surface area contributed by atoms with Crippen LogP contribution in [0.5, 0.6) is 0 Å². The summed E-state index contributed by atoms with van der Waals surface area (Å²) in [6.45, 7) is 1.29. The van der Waals surface area contributed by atoms with Gasteiger partial charge in [0.25, 0.3) is 0 Å². The molecule has 0 radical (unpaired) electrons. The fourth-order valence-corrected chi connectivity index (χ4v) is 2.15. The van der Waals surface area contributed by atoms with E-state index in [0.717, 1.165) is 0 Å². The number of hydrogen-bond donors (Lipinski definition) is 0. The van der Waals surface area contributed by atoms with Gasteiger partial charge in [-0.15, -0.1) is 0 Å². The zero-order valence-corrected chi connectivity index (χ0v) is 8.93. The molecule has 0 saturated heterocycles. The molecule has 1 aromatic heterocycles. The molecule has 1 fully saturated rings. The minimum Gasteiger partial charge on any atom is -0.469 e. The van der Waals surface area contributed by atoms with Gasteiger partial charge >= 0.3 is 0 Å². The Kier molecular flexibility index (Phi) is 2.73. The van der Waals surface area contributed by atoms with E-state index in [1.165, 1.54) is 13.2 Å². The lowest BCUT2D eigenvalue weighted by Gasteiger charge is -2.23. The monoisotopic (exact) mass is 220 g/mol. The fraction of sp³-hybridized carbons (Fsp3) is 0.417. The molecule has 0 bridgehead atoms. The van der Waals surface area contributed by atoms with E-state index >= 15 is 0 Å². The number of hydrogen-bond acceptors (Lipinski definition) is 4. The van der Waals surface area contributed by atoms with E-state index in [-0.39, 0.29) is 36.1 Å². The highest BCUT2D eigenvalue weighted by atomic mass is 16.3. The van der Waals surface area contributed by atoms with Crippen LogP contribution in [-0.2, 0) is 14.4 Å². The SMILES string of the molecule is CC(=O)C1C(=O)CC(c2ccco2)CC1=O. The Hall–Kier alpha value is -1.71. The average molecular weight is 220 g/mol. The van der Waals surface area contributed by atoms with Crippen LogP contribution in [0.3, 0.4) is 0 Å². The lowest BCUT2D eigenvalue weighted by molar-refractivity contribution is -0.141. The summed E-state index contributed by atoms with van der Waals surface area (Å²) in [6, 6.07) is 3.47. The van der Waals surface area contributed by atoms with Gasteiger partial charge in [0, 0.05) is 18.8 Å². The molecule has 0 amide bonds. The molecule has 1 aromatic rings.